The third kappa shape index (κ3) is 3.63. The molecular formula is C11H18BrN3O. The topological polar surface area (TPSA) is 57.8 Å². The quantitative estimate of drug-likeness (QED) is 0.816. The molecule has 5 heteroatoms. The first kappa shape index (κ1) is 13.2. The number of rotatable bonds is 5. The van der Waals surface area contributed by atoms with E-state index < -0.39 is 0 Å². The average molecular weight is 288 g/mol. The van der Waals surface area contributed by atoms with Crippen LogP contribution in [0.2, 0.25) is 0 Å². The van der Waals surface area contributed by atoms with Gasteiger partial charge in [-0.1, -0.05) is 29.8 Å². The summed E-state index contributed by atoms with van der Waals surface area (Å²) in [5.74, 6) is 0.504. The van der Waals surface area contributed by atoms with Crippen molar-refractivity contribution in [1.82, 2.24) is 15.5 Å². The Labute approximate surface area is 104 Å². The highest BCUT2D eigenvalue weighted by Gasteiger charge is 2.16. The van der Waals surface area contributed by atoms with Gasteiger partial charge in [0.2, 0.25) is 0 Å². The Hall–Kier alpha value is -0.840. The Morgan fingerprint density at radius 1 is 1.62 bits per heavy atom. The minimum absolute atomic E-state index is 0.0589. The van der Waals surface area contributed by atoms with Crippen LogP contribution in [0.1, 0.15) is 36.3 Å². The second kappa shape index (κ2) is 6.03. The lowest BCUT2D eigenvalue weighted by Gasteiger charge is -2.17. The number of aryl methyl sites for hydroxylation is 1. The maximum absolute atomic E-state index is 11.9. The SMILES string of the molecule is Cc1[nH]ncc1C(=O)NC(CBr)CC(C)C. The summed E-state index contributed by atoms with van der Waals surface area (Å²) < 4.78 is 0. The van der Waals surface area contributed by atoms with Gasteiger partial charge in [-0.15, -0.1) is 0 Å². The average Bonchev–Trinajstić information content (AvgIpc) is 2.62. The van der Waals surface area contributed by atoms with Crippen molar-refractivity contribution in [2.24, 2.45) is 5.92 Å². The summed E-state index contributed by atoms with van der Waals surface area (Å²) in [5, 5.41) is 10.4. The van der Waals surface area contributed by atoms with Crippen molar-refractivity contribution in [3.05, 3.63) is 17.5 Å². The molecule has 1 heterocycles. The van der Waals surface area contributed by atoms with E-state index in [-0.39, 0.29) is 11.9 Å². The normalized spacial score (nSPS) is 12.8. The summed E-state index contributed by atoms with van der Waals surface area (Å²) >= 11 is 3.42. The molecule has 0 bridgehead atoms. The van der Waals surface area contributed by atoms with Gasteiger partial charge in [0, 0.05) is 17.1 Å². The number of hydrogen-bond donors (Lipinski definition) is 2. The Bertz CT molecular complexity index is 349. The maximum Gasteiger partial charge on any atom is 0.254 e. The minimum Gasteiger partial charge on any atom is -0.348 e. The lowest BCUT2D eigenvalue weighted by atomic mass is 10.0. The number of amides is 1. The number of alkyl halides is 1. The largest absolute Gasteiger partial charge is 0.348 e. The molecule has 1 aromatic rings. The Morgan fingerprint density at radius 3 is 2.75 bits per heavy atom. The van der Waals surface area contributed by atoms with E-state index in [4.69, 9.17) is 0 Å². The van der Waals surface area contributed by atoms with Crippen molar-refractivity contribution >= 4 is 21.8 Å². The van der Waals surface area contributed by atoms with Crippen LogP contribution >= 0.6 is 15.9 Å². The lowest BCUT2D eigenvalue weighted by Crippen LogP contribution is -2.37. The van der Waals surface area contributed by atoms with Crippen LogP contribution in [0, 0.1) is 12.8 Å². The predicted molar refractivity (Wildman–Crippen MR) is 67.8 cm³/mol. The van der Waals surface area contributed by atoms with E-state index in [0.29, 0.717) is 11.5 Å². The molecule has 1 aromatic heterocycles. The fraction of sp³-hybridized carbons (Fsp3) is 0.636. The van der Waals surface area contributed by atoms with Gasteiger partial charge in [0.05, 0.1) is 11.8 Å². The van der Waals surface area contributed by atoms with E-state index in [9.17, 15) is 4.79 Å². The Morgan fingerprint density at radius 2 is 2.31 bits per heavy atom. The molecular weight excluding hydrogens is 270 g/mol. The van der Waals surface area contributed by atoms with Crippen LogP contribution in [-0.2, 0) is 0 Å². The standard InChI is InChI=1S/C11H18BrN3O/c1-7(2)4-9(5-12)14-11(16)10-6-13-15-8(10)3/h6-7,9H,4-5H2,1-3H3,(H,13,15)(H,14,16). The molecule has 0 radical (unpaired) electrons. The zero-order valence-corrected chi connectivity index (χ0v) is 11.5. The monoisotopic (exact) mass is 287 g/mol. The highest BCUT2D eigenvalue weighted by Crippen LogP contribution is 2.09. The molecule has 0 spiro atoms. The van der Waals surface area contributed by atoms with Gasteiger partial charge < -0.3 is 5.32 Å². The van der Waals surface area contributed by atoms with E-state index in [1.807, 2.05) is 6.92 Å². The van der Waals surface area contributed by atoms with Crippen molar-refractivity contribution in [1.29, 1.82) is 0 Å². The van der Waals surface area contributed by atoms with E-state index in [2.05, 4.69) is 45.3 Å². The second-order valence-electron chi connectivity index (χ2n) is 4.36. The third-order valence-electron chi connectivity index (χ3n) is 2.35. The van der Waals surface area contributed by atoms with Gasteiger partial charge in [0.1, 0.15) is 0 Å². The van der Waals surface area contributed by atoms with E-state index in [0.717, 1.165) is 17.4 Å². The van der Waals surface area contributed by atoms with Crippen LogP contribution in [-0.4, -0.2) is 27.5 Å². The zero-order valence-electron chi connectivity index (χ0n) is 9.88. The van der Waals surface area contributed by atoms with Crippen LogP contribution in [0.25, 0.3) is 0 Å². The molecule has 16 heavy (non-hydrogen) atoms. The van der Waals surface area contributed by atoms with Gasteiger partial charge in [-0.05, 0) is 19.3 Å². The van der Waals surface area contributed by atoms with E-state index in [1.54, 1.807) is 6.20 Å². The molecule has 1 unspecified atom stereocenters. The first-order chi connectivity index (χ1) is 7.54. The first-order valence-corrected chi connectivity index (χ1v) is 6.53. The molecule has 2 N–H and O–H groups in total. The smallest absolute Gasteiger partial charge is 0.254 e. The number of carbonyl (C=O) groups excluding carboxylic acids is 1. The zero-order chi connectivity index (χ0) is 12.1. The van der Waals surface area contributed by atoms with Crippen LogP contribution < -0.4 is 5.32 Å². The van der Waals surface area contributed by atoms with Gasteiger partial charge in [-0.25, -0.2) is 0 Å². The molecule has 1 amide bonds. The highest BCUT2D eigenvalue weighted by molar-refractivity contribution is 9.09. The molecule has 0 fully saturated rings. The lowest BCUT2D eigenvalue weighted by molar-refractivity contribution is 0.0936. The summed E-state index contributed by atoms with van der Waals surface area (Å²) in [6.45, 7) is 6.13. The van der Waals surface area contributed by atoms with E-state index >= 15 is 0 Å². The number of nitrogens with one attached hydrogen (secondary N) is 2. The number of hydrogen-bond acceptors (Lipinski definition) is 2. The number of halogens is 1. The second-order valence-corrected chi connectivity index (χ2v) is 5.01. The number of H-pyrrole nitrogens is 1. The molecule has 0 aliphatic carbocycles. The Kier molecular flexibility index (Phi) is 4.99. The van der Waals surface area contributed by atoms with Crippen LogP contribution in [0.4, 0.5) is 0 Å². The van der Waals surface area contributed by atoms with Gasteiger partial charge >= 0.3 is 0 Å². The molecule has 0 saturated carbocycles. The predicted octanol–water partition coefficient (Wildman–Crippen LogP) is 2.26. The van der Waals surface area contributed by atoms with Gasteiger partial charge in [-0.2, -0.15) is 5.10 Å². The molecule has 0 aromatic carbocycles. The van der Waals surface area contributed by atoms with E-state index in [1.165, 1.54) is 0 Å². The maximum atomic E-state index is 11.9. The number of aromatic amines is 1. The minimum atomic E-state index is -0.0589. The van der Waals surface area contributed by atoms with Gasteiger partial charge in [-0.3, -0.25) is 9.89 Å². The van der Waals surface area contributed by atoms with Crippen LogP contribution in [0.15, 0.2) is 6.20 Å². The van der Waals surface area contributed by atoms with Crippen molar-refractivity contribution in [3.63, 3.8) is 0 Å². The fourth-order valence-corrected chi connectivity index (χ4v) is 2.00. The first-order valence-electron chi connectivity index (χ1n) is 5.41. The summed E-state index contributed by atoms with van der Waals surface area (Å²) in [6, 6.07) is 0.168. The van der Waals surface area contributed by atoms with Gasteiger partial charge in [0.25, 0.3) is 5.91 Å². The van der Waals surface area contributed by atoms with Crippen LogP contribution in [0.3, 0.4) is 0 Å². The molecule has 90 valence electrons. The Balaban J connectivity index is 2.59. The number of carbonyl (C=O) groups is 1. The van der Waals surface area contributed by atoms with Gasteiger partial charge in [0.15, 0.2) is 0 Å². The van der Waals surface area contributed by atoms with Crippen molar-refractivity contribution in [2.45, 2.75) is 33.2 Å². The molecule has 0 aliphatic heterocycles. The summed E-state index contributed by atoms with van der Waals surface area (Å²) in [7, 11) is 0. The summed E-state index contributed by atoms with van der Waals surface area (Å²) in [4.78, 5) is 11.9. The van der Waals surface area contributed by atoms with Crippen LogP contribution in [0.5, 0.6) is 0 Å². The van der Waals surface area contributed by atoms with Crippen molar-refractivity contribution < 1.29 is 4.79 Å². The third-order valence-corrected chi connectivity index (χ3v) is 3.13. The molecule has 0 aliphatic rings. The molecule has 1 atom stereocenters. The summed E-state index contributed by atoms with van der Waals surface area (Å²) in [5.41, 5.74) is 1.42. The van der Waals surface area contributed by atoms with Crippen molar-refractivity contribution in [2.75, 3.05) is 5.33 Å². The number of aromatic nitrogens is 2. The highest BCUT2D eigenvalue weighted by atomic mass is 79.9. The molecule has 4 nitrogen and oxygen atoms in total. The molecule has 0 saturated heterocycles. The van der Waals surface area contributed by atoms with Crippen molar-refractivity contribution in [3.8, 4) is 0 Å². The molecule has 1 rings (SSSR count). The number of nitrogens with zero attached hydrogens (tertiary/aromatic N) is 1. The summed E-state index contributed by atoms with van der Waals surface area (Å²) in [6.07, 6.45) is 2.53. The fourth-order valence-electron chi connectivity index (χ4n) is 1.57.